The summed E-state index contributed by atoms with van der Waals surface area (Å²) in [7, 11) is 0. The molecule has 1 aromatic carbocycles. The van der Waals surface area contributed by atoms with Gasteiger partial charge in [-0.3, -0.25) is 0 Å². The lowest BCUT2D eigenvalue weighted by Gasteiger charge is -2.09. The Kier molecular flexibility index (Phi) is 4.11. The molecule has 0 aliphatic heterocycles. The van der Waals surface area contributed by atoms with Gasteiger partial charge < -0.3 is 15.6 Å². The van der Waals surface area contributed by atoms with Crippen LogP contribution in [0, 0.1) is 12.7 Å². The Balaban J connectivity index is 1.79. The monoisotopic (exact) mass is 364 g/mol. The third-order valence-electron chi connectivity index (χ3n) is 4.22. The maximum atomic E-state index is 13.8. The fourth-order valence-electron chi connectivity index (χ4n) is 2.84. The van der Waals surface area contributed by atoms with Crippen LogP contribution in [0.4, 0.5) is 22.0 Å². The van der Waals surface area contributed by atoms with Crippen LogP contribution >= 0.6 is 0 Å². The van der Waals surface area contributed by atoms with E-state index in [1.54, 1.807) is 37.5 Å². The number of aromatic nitrogens is 6. The molecule has 0 spiro atoms. The Morgan fingerprint density at radius 3 is 2.78 bits per heavy atom. The van der Waals surface area contributed by atoms with Crippen molar-refractivity contribution in [1.82, 2.24) is 29.5 Å². The number of fused-ring (bicyclic) bond motifs is 1. The number of halogens is 1. The zero-order chi connectivity index (χ0) is 19.0. The van der Waals surface area contributed by atoms with Crippen LogP contribution in [-0.2, 0) is 6.54 Å². The number of benzene rings is 1. The van der Waals surface area contributed by atoms with Crippen LogP contribution in [0.15, 0.2) is 36.7 Å². The van der Waals surface area contributed by atoms with Gasteiger partial charge in [0.1, 0.15) is 17.0 Å². The van der Waals surface area contributed by atoms with E-state index in [0.29, 0.717) is 46.4 Å². The Morgan fingerprint density at radius 2 is 2.00 bits per heavy atom. The van der Waals surface area contributed by atoms with Crippen molar-refractivity contribution in [3.05, 3.63) is 48.0 Å². The molecule has 136 valence electrons. The lowest BCUT2D eigenvalue weighted by Crippen LogP contribution is -2.04. The lowest BCUT2D eigenvalue weighted by atomic mass is 10.2. The maximum Gasteiger partial charge on any atom is 0.229 e. The Hall–Kier alpha value is -3.62. The quantitative estimate of drug-likeness (QED) is 0.573. The van der Waals surface area contributed by atoms with Crippen molar-refractivity contribution < 1.29 is 4.39 Å². The number of hydrogen-bond acceptors (Lipinski definition) is 7. The molecule has 0 bridgehead atoms. The minimum Gasteiger partial charge on any atom is -0.368 e. The number of rotatable bonds is 4. The second-order valence-electron chi connectivity index (χ2n) is 5.92. The van der Waals surface area contributed by atoms with Crippen LogP contribution in [-0.4, -0.2) is 29.5 Å². The van der Waals surface area contributed by atoms with Crippen molar-refractivity contribution in [2.24, 2.45) is 0 Å². The molecule has 4 rings (SSSR count). The van der Waals surface area contributed by atoms with Gasteiger partial charge in [-0.05, 0) is 32.0 Å². The SMILES string of the molecule is CCn1c(-c2ccnc(N)n2)nc2cnc(Nc3cccc(F)c3C)nc21. The number of imidazole rings is 1. The van der Waals surface area contributed by atoms with Gasteiger partial charge in [0.25, 0.3) is 0 Å². The van der Waals surface area contributed by atoms with Crippen molar-refractivity contribution in [2.75, 3.05) is 11.1 Å². The van der Waals surface area contributed by atoms with E-state index in [2.05, 4.69) is 30.2 Å². The van der Waals surface area contributed by atoms with E-state index in [1.807, 2.05) is 11.5 Å². The van der Waals surface area contributed by atoms with Gasteiger partial charge in [0.2, 0.25) is 11.9 Å². The summed E-state index contributed by atoms with van der Waals surface area (Å²) in [6, 6.07) is 6.57. The van der Waals surface area contributed by atoms with Crippen molar-refractivity contribution in [1.29, 1.82) is 0 Å². The van der Waals surface area contributed by atoms with Gasteiger partial charge >= 0.3 is 0 Å². The predicted molar refractivity (Wildman–Crippen MR) is 101 cm³/mol. The highest BCUT2D eigenvalue weighted by molar-refractivity contribution is 5.77. The molecule has 0 saturated carbocycles. The Labute approximate surface area is 154 Å². The van der Waals surface area contributed by atoms with Crippen LogP contribution in [0.3, 0.4) is 0 Å². The molecule has 4 aromatic rings. The second kappa shape index (κ2) is 6.60. The molecular weight excluding hydrogens is 347 g/mol. The minimum atomic E-state index is -0.289. The van der Waals surface area contributed by atoms with Crippen LogP contribution < -0.4 is 11.1 Å². The summed E-state index contributed by atoms with van der Waals surface area (Å²) in [5.41, 5.74) is 8.69. The third kappa shape index (κ3) is 3.03. The number of nitrogens with two attached hydrogens (primary N) is 1. The predicted octanol–water partition coefficient (Wildman–Crippen LogP) is 3.08. The standard InChI is InChI=1S/C18H17FN8/c1-3-27-15(13-7-8-21-17(20)24-13)23-14-9-22-18(26-16(14)27)25-12-6-4-5-11(19)10(12)2/h4-9H,3H2,1-2H3,(H2,20,21,24)(H,22,25,26). The molecule has 27 heavy (non-hydrogen) atoms. The van der Waals surface area contributed by atoms with Crippen molar-refractivity contribution in [3.63, 3.8) is 0 Å². The molecule has 0 aliphatic carbocycles. The highest BCUT2D eigenvalue weighted by Gasteiger charge is 2.16. The van der Waals surface area contributed by atoms with E-state index in [0.717, 1.165) is 0 Å². The number of nitrogen functional groups attached to an aromatic ring is 1. The first kappa shape index (κ1) is 16.8. The van der Waals surface area contributed by atoms with Crippen LogP contribution in [0.25, 0.3) is 22.7 Å². The maximum absolute atomic E-state index is 13.8. The first-order valence-electron chi connectivity index (χ1n) is 8.41. The zero-order valence-corrected chi connectivity index (χ0v) is 14.8. The summed E-state index contributed by atoms with van der Waals surface area (Å²) in [4.78, 5) is 21.6. The zero-order valence-electron chi connectivity index (χ0n) is 14.8. The fourth-order valence-corrected chi connectivity index (χ4v) is 2.84. The highest BCUT2D eigenvalue weighted by atomic mass is 19.1. The van der Waals surface area contributed by atoms with Gasteiger partial charge in [-0.25, -0.2) is 24.3 Å². The van der Waals surface area contributed by atoms with E-state index in [1.165, 1.54) is 6.07 Å². The molecule has 8 nitrogen and oxygen atoms in total. The molecule has 0 radical (unpaired) electrons. The van der Waals surface area contributed by atoms with E-state index in [-0.39, 0.29) is 11.8 Å². The first-order chi connectivity index (χ1) is 13.1. The molecule has 3 N–H and O–H groups in total. The third-order valence-corrected chi connectivity index (χ3v) is 4.22. The summed E-state index contributed by atoms with van der Waals surface area (Å²) in [5, 5.41) is 3.07. The van der Waals surface area contributed by atoms with E-state index < -0.39 is 0 Å². The number of nitrogens with one attached hydrogen (secondary N) is 1. The molecule has 0 atom stereocenters. The van der Waals surface area contributed by atoms with E-state index in [9.17, 15) is 4.39 Å². The van der Waals surface area contributed by atoms with Crippen molar-refractivity contribution in [2.45, 2.75) is 20.4 Å². The number of anilines is 3. The molecule has 3 aromatic heterocycles. The first-order valence-corrected chi connectivity index (χ1v) is 8.41. The topological polar surface area (TPSA) is 107 Å². The summed E-state index contributed by atoms with van der Waals surface area (Å²) in [6.07, 6.45) is 3.21. The Bertz CT molecular complexity index is 1140. The van der Waals surface area contributed by atoms with Crippen molar-refractivity contribution >= 4 is 28.7 Å². The van der Waals surface area contributed by atoms with E-state index >= 15 is 0 Å². The van der Waals surface area contributed by atoms with Crippen molar-refractivity contribution in [3.8, 4) is 11.5 Å². The second-order valence-corrected chi connectivity index (χ2v) is 5.92. The van der Waals surface area contributed by atoms with E-state index in [4.69, 9.17) is 5.73 Å². The van der Waals surface area contributed by atoms with Crippen LogP contribution in [0.5, 0.6) is 0 Å². The molecule has 0 saturated heterocycles. The Morgan fingerprint density at radius 1 is 1.15 bits per heavy atom. The van der Waals surface area contributed by atoms with Gasteiger partial charge in [-0.2, -0.15) is 4.98 Å². The summed E-state index contributed by atoms with van der Waals surface area (Å²) < 4.78 is 15.7. The highest BCUT2D eigenvalue weighted by Crippen LogP contribution is 2.25. The largest absolute Gasteiger partial charge is 0.368 e. The molecule has 9 heteroatoms. The minimum absolute atomic E-state index is 0.178. The normalized spacial score (nSPS) is 11.1. The molecule has 0 amide bonds. The average Bonchev–Trinajstić information content (AvgIpc) is 3.03. The molecule has 3 heterocycles. The molecule has 0 aliphatic rings. The lowest BCUT2D eigenvalue weighted by molar-refractivity contribution is 0.619. The fraction of sp³-hybridized carbons (Fsp3) is 0.167. The smallest absolute Gasteiger partial charge is 0.229 e. The number of hydrogen-bond donors (Lipinski definition) is 2. The van der Waals surface area contributed by atoms with Gasteiger partial charge in [0.05, 0.1) is 6.20 Å². The average molecular weight is 364 g/mol. The van der Waals surface area contributed by atoms with Gasteiger partial charge in [-0.1, -0.05) is 6.07 Å². The van der Waals surface area contributed by atoms with Gasteiger partial charge in [-0.15, -0.1) is 0 Å². The summed E-state index contributed by atoms with van der Waals surface area (Å²) >= 11 is 0. The molecule has 0 fully saturated rings. The number of nitrogens with zero attached hydrogens (tertiary/aromatic N) is 6. The van der Waals surface area contributed by atoms with Crippen LogP contribution in [0.1, 0.15) is 12.5 Å². The van der Waals surface area contributed by atoms with Gasteiger partial charge in [0, 0.05) is 24.0 Å². The molecular formula is C18H17FN8. The molecule has 0 unspecified atom stereocenters. The summed E-state index contributed by atoms with van der Waals surface area (Å²) in [5.74, 6) is 0.884. The van der Waals surface area contributed by atoms with Gasteiger partial charge in [0.15, 0.2) is 11.5 Å². The van der Waals surface area contributed by atoms with Crippen LogP contribution in [0.2, 0.25) is 0 Å². The summed E-state index contributed by atoms with van der Waals surface area (Å²) in [6.45, 7) is 4.32. The number of aryl methyl sites for hydroxylation is 1.